The monoisotopic (exact) mass is 377 g/mol. The van der Waals surface area contributed by atoms with Gasteiger partial charge in [0.05, 0.1) is 5.75 Å². The first-order valence-corrected chi connectivity index (χ1v) is 11.3. The highest BCUT2D eigenvalue weighted by Crippen LogP contribution is 2.42. The Balaban J connectivity index is 2.14. The molecule has 1 aromatic carbocycles. The standard InChI is InChI=1S/C22H35NO2S/c1-5-9-12-25-13-10-11-23-20(24)16-26-22(23)21-18(7-3)14-17(6-2)15-19(21)8-4/h14-15,22H,5-13,16H2,1-4H3. The highest BCUT2D eigenvalue weighted by molar-refractivity contribution is 8.00. The Morgan fingerprint density at radius 2 is 1.69 bits per heavy atom. The zero-order chi connectivity index (χ0) is 18.9. The highest BCUT2D eigenvalue weighted by Gasteiger charge is 2.34. The molecular formula is C22H35NO2S. The SMILES string of the molecule is CCCCOCCCN1C(=O)CSC1c1c(CC)cc(CC)cc1CC. The second-order valence-electron chi connectivity index (χ2n) is 6.96. The van der Waals surface area contributed by atoms with Crippen molar-refractivity contribution in [1.82, 2.24) is 4.90 Å². The molecule has 0 bridgehead atoms. The molecule has 0 aliphatic carbocycles. The molecule has 146 valence electrons. The normalized spacial score (nSPS) is 17.3. The van der Waals surface area contributed by atoms with Crippen LogP contribution in [0.3, 0.4) is 0 Å². The number of carbonyl (C=O) groups is 1. The maximum absolute atomic E-state index is 12.5. The fourth-order valence-corrected chi connectivity index (χ4v) is 4.92. The summed E-state index contributed by atoms with van der Waals surface area (Å²) >= 11 is 1.79. The predicted molar refractivity (Wildman–Crippen MR) is 112 cm³/mol. The third kappa shape index (κ3) is 5.26. The van der Waals surface area contributed by atoms with E-state index < -0.39 is 0 Å². The lowest BCUT2D eigenvalue weighted by molar-refractivity contribution is -0.128. The van der Waals surface area contributed by atoms with Crippen molar-refractivity contribution in [2.45, 2.75) is 71.6 Å². The topological polar surface area (TPSA) is 29.5 Å². The van der Waals surface area contributed by atoms with Crippen molar-refractivity contribution < 1.29 is 9.53 Å². The molecule has 1 aliphatic rings. The molecule has 1 aromatic rings. The molecule has 1 unspecified atom stereocenters. The van der Waals surface area contributed by atoms with E-state index in [1.165, 1.54) is 22.3 Å². The van der Waals surface area contributed by atoms with Crippen LogP contribution in [0.5, 0.6) is 0 Å². The van der Waals surface area contributed by atoms with Gasteiger partial charge in [0.2, 0.25) is 5.91 Å². The van der Waals surface area contributed by atoms with Gasteiger partial charge in [-0.05, 0) is 54.4 Å². The fourth-order valence-electron chi connectivity index (χ4n) is 3.58. The molecule has 0 N–H and O–H groups in total. The molecule has 0 aromatic heterocycles. The summed E-state index contributed by atoms with van der Waals surface area (Å²) in [5.41, 5.74) is 5.64. The number of nitrogens with zero attached hydrogens (tertiary/aromatic N) is 1. The van der Waals surface area contributed by atoms with Crippen molar-refractivity contribution in [3.05, 3.63) is 34.4 Å². The molecular weight excluding hydrogens is 342 g/mol. The van der Waals surface area contributed by atoms with Crippen LogP contribution in [0.25, 0.3) is 0 Å². The zero-order valence-electron chi connectivity index (χ0n) is 17.0. The summed E-state index contributed by atoms with van der Waals surface area (Å²) in [6.07, 6.45) is 6.31. The van der Waals surface area contributed by atoms with Crippen molar-refractivity contribution in [2.24, 2.45) is 0 Å². The quantitative estimate of drug-likeness (QED) is 0.499. The maximum Gasteiger partial charge on any atom is 0.233 e. The number of hydrogen-bond donors (Lipinski definition) is 0. The molecule has 1 fully saturated rings. The van der Waals surface area contributed by atoms with Gasteiger partial charge < -0.3 is 9.64 Å². The first kappa shape index (κ1) is 21.3. The Morgan fingerprint density at radius 3 is 2.27 bits per heavy atom. The molecule has 1 heterocycles. The third-order valence-corrected chi connectivity index (χ3v) is 6.35. The van der Waals surface area contributed by atoms with Crippen LogP contribution >= 0.6 is 11.8 Å². The number of ether oxygens (including phenoxy) is 1. The molecule has 0 spiro atoms. The second-order valence-corrected chi connectivity index (χ2v) is 8.03. The van der Waals surface area contributed by atoms with Crippen LogP contribution in [0, 0.1) is 0 Å². The molecule has 0 radical (unpaired) electrons. The minimum atomic E-state index is 0.175. The zero-order valence-corrected chi connectivity index (χ0v) is 17.8. The summed E-state index contributed by atoms with van der Waals surface area (Å²) in [6, 6.07) is 4.70. The molecule has 0 saturated carbocycles. The van der Waals surface area contributed by atoms with Gasteiger partial charge in [0, 0.05) is 19.8 Å². The van der Waals surface area contributed by atoms with Gasteiger partial charge in [-0.15, -0.1) is 11.8 Å². The van der Waals surface area contributed by atoms with Gasteiger partial charge in [0.1, 0.15) is 5.37 Å². The fraction of sp³-hybridized carbons (Fsp3) is 0.682. The lowest BCUT2D eigenvalue weighted by atomic mass is 9.93. The van der Waals surface area contributed by atoms with E-state index in [-0.39, 0.29) is 11.3 Å². The summed E-state index contributed by atoms with van der Waals surface area (Å²) in [5.74, 6) is 0.876. The van der Waals surface area contributed by atoms with Gasteiger partial charge in [0.25, 0.3) is 0 Å². The largest absolute Gasteiger partial charge is 0.381 e. The Morgan fingerprint density at radius 1 is 1.04 bits per heavy atom. The molecule has 1 saturated heterocycles. The van der Waals surface area contributed by atoms with E-state index in [9.17, 15) is 4.79 Å². The smallest absolute Gasteiger partial charge is 0.233 e. The van der Waals surface area contributed by atoms with Crippen LogP contribution in [-0.4, -0.2) is 36.3 Å². The number of rotatable bonds is 11. The van der Waals surface area contributed by atoms with Crippen LogP contribution in [0.1, 0.15) is 74.6 Å². The van der Waals surface area contributed by atoms with Gasteiger partial charge >= 0.3 is 0 Å². The van der Waals surface area contributed by atoms with Gasteiger partial charge in [-0.1, -0.05) is 46.2 Å². The van der Waals surface area contributed by atoms with Crippen molar-refractivity contribution in [3.63, 3.8) is 0 Å². The Kier molecular flexibility index (Phi) is 9.00. The number of hydrogen-bond acceptors (Lipinski definition) is 3. The van der Waals surface area contributed by atoms with Crippen molar-refractivity contribution >= 4 is 17.7 Å². The van der Waals surface area contributed by atoms with Gasteiger partial charge in [-0.2, -0.15) is 0 Å². The maximum atomic E-state index is 12.5. The number of thioether (sulfide) groups is 1. The number of unbranched alkanes of at least 4 members (excludes halogenated alkanes) is 1. The molecule has 4 heteroatoms. The third-order valence-electron chi connectivity index (χ3n) is 5.13. The summed E-state index contributed by atoms with van der Waals surface area (Å²) in [6.45, 7) is 11.2. The Hall–Kier alpha value is -1.00. The van der Waals surface area contributed by atoms with E-state index in [1.807, 2.05) is 0 Å². The predicted octanol–water partition coefficient (Wildman–Crippen LogP) is 5.15. The van der Waals surface area contributed by atoms with Crippen molar-refractivity contribution in [1.29, 1.82) is 0 Å². The van der Waals surface area contributed by atoms with Crippen LogP contribution in [0.4, 0.5) is 0 Å². The van der Waals surface area contributed by atoms with E-state index >= 15 is 0 Å². The highest BCUT2D eigenvalue weighted by atomic mass is 32.2. The summed E-state index contributed by atoms with van der Waals surface area (Å²) < 4.78 is 5.69. The van der Waals surface area contributed by atoms with Gasteiger partial charge in [0.15, 0.2) is 0 Å². The number of benzene rings is 1. The van der Waals surface area contributed by atoms with Gasteiger partial charge in [-0.25, -0.2) is 0 Å². The van der Waals surface area contributed by atoms with Crippen LogP contribution in [0.2, 0.25) is 0 Å². The van der Waals surface area contributed by atoms with Crippen LogP contribution in [-0.2, 0) is 28.8 Å². The Bertz CT molecular complexity index is 563. The minimum Gasteiger partial charge on any atom is -0.381 e. The second kappa shape index (κ2) is 11.0. The average molecular weight is 378 g/mol. The Labute approximate surface area is 163 Å². The first-order chi connectivity index (χ1) is 12.7. The lowest BCUT2D eigenvalue weighted by Crippen LogP contribution is -2.31. The van der Waals surface area contributed by atoms with Crippen molar-refractivity contribution in [3.8, 4) is 0 Å². The summed E-state index contributed by atoms with van der Waals surface area (Å²) in [7, 11) is 0. The van der Waals surface area contributed by atoms with Crippen LogP contribution < -0.4 is 0 Å². The molecule has 1 amide bonds. The van der Waals surface area contributed by atoms with Crippen molar-refractivity contribution in [2.75, 3.05) is 25.5 Å². The summed E-state index contributed by atoms with van der Waals surface area (Å²) in [4.78, 5) is 14.6. The number of carbonyl (C=O) groups excluding carboxylic acids is 1. The molecule has 3 nitrogen and oxygen atoms in total. The molecule has 26 heavy (non-hydrogen) atoms. The van der Waals surface area contributed by atoms with E-state index in [1.54, 1.807) is 11.8 Å². The molecule has 1 atom stereocenters. The van der Waals surface area contributed by atoms with E-state index in [2.05, 4.69) is 44.7 Å². The van der Waals surface area contributed by atoms with Crippen LogP contribution in [0.15, 0.2) is 12.1 Å². The number of aryl methyl sites for hydroxylation is 3. The lowest BCUT2D eigenvalue weighted by Gasteiger charge is -2.28. The first-order valence-electron chi connectivity index (χ1n) is 10.3. The molecule has 2 rings (SSSR count). The average Bonchev–Trinajstić information content (AvgIpc) is 3.03. The van der Waals surface area contributed by atoms with E-state index in [0.29, 0.717) is 5.75 Å². The molecule has 1 aliphatic heterocycles. The van der Waals surface area contributed by atoms with E-state index in [4.69, 9.17) is 4.74 Å². The van der Waals surface area contributed by atoms with Gasteiger partial charge in [-0.3, -0.25) is 4.79 Å². The summed E-state index contributed by atoms with van der Waals surface area (Å²) in [5, 5.41) is 0.175. The number of amides is 1. The van der Waals surface area contributed by atoms with E-state index in [0.717, 1.165) is 58.3 Å². The minimum absolute atomic E-state index is 0.175.